The van der Waals surface area contributed by atoms with Crippen molar-refractivity contribution >= 4 is 0 Å². The van der Waals surface area contributed by atoms with Gasteiger partial charge >= 0.3 is 0 Å². The third-order valence-corrected chi connectivity index (χ3v) is 2.95. The van der Waals surface area contributed by atoms with Crippen LogP contribution < -0.4 is 5.32 Å². The monoisotopic (exact) mass is 305 g/mol. The van der Waals surface area contributed by atoms with Gasteiger partial charge in [-0.1, -0.05) is 13.8 Å². The Labute approximate surface area is 130 Å². The van der Waals surface area contributed by atoms with Gasteiger partial charge in [0.15, 0.2) is 0 Å². The maximum Gasteiger partial charge on any atom is 0.0704 e. The van der Waals surface area contributed by atoms with Gasteiger partial charge in [-0.2, -0.15) is 0 Å². The maximum absolute atomic E-state index is 5.70. The van der Waals surface area contributed by atoms with Crippen molar-refractivity contribution in [2.75, 3.05) is 59.8 Å². The minimum absolute atomic E-state index is 0.299. The molecule has 0 saturated heterocycles. The highest BCUT2D eigenvalue weighted by atomic mass is 16.6. The smallest absolute Gasteiger partial charge is 0.0704 e. The summed E-state index contributed by atoms with van der Waals surface area (Å²) in [7, 11) is 1.67. The third kappa shape index (κ3) is 17.7. The van der Waals surface area contributed by atoms with E-state index in [-0.39, 0.29) is 0 Å². The molecule has 0 fully saturated rings. The minimum atomic E-state index is 0.299. The van der Waals surface area contributed by atoms with E-state index in [0.717, 1.165) is 25.9 Å². The van der Waals surface area contributed by atoms with E-state index in [1.54, 1.807) is 7.11 Å². The van der Waals surface area contributed by atoms with Crippen molar-refractivity contribution in [3.8, 4) is 0 Å². The van der Waals surface area contributed by atoms with Gasteiger partial charge in [0, 0.05) is 7.11 Å². The summed E-state index contributed by atoms with van der Waals surface area (Å²) in [6, 6.07) is 0. The van der Waals surface area contributed by atoms with Crippen LogP contribution in [-0.4, -0.2) is 65.9 Å². The van der Waals surface area contributed by atoms with Crippen molar-refractivity contribution in [2.24, 2.45) is 5.92 Å². The fourth-order valence-corrected chi connectivity index (χ4v) is 1.76. The number of ether oxygens (including phenoxy) is 4. The number of hydrogen-bond acceptors (Lipinski definition) is 5. The highest BCUT2D eigenvalue weighted by Gasteiger charge is 2.02. The molecule has 0 aliphatic rings. The lowest BCUT2D eigenvalue weighted by Crippen LogP contribution is -2.22. The lowest BCUT2D eigenvalue weighted by atomic mass is 10.2. The zero-order valence-electron chi connectivity index (χ0n) is 14.4. The maximum atomic E-state index is 5.70. The van der Waals surface area contributed by atoms with Crippen LogP contribution in [0.5, 0.6) is 0 Å². The molecule has 0 aliphatic heterocycles. The molecular weight excluding hydrogens is 270 g/mol. The van der Waals surface area contributed by atoms with Crippen LogP contribution >= 0.6 is 0 Å². The van der Waals surface area contributed by atoms with Gasteiger partial charge < -0.3 is 24.3 Å². The highest BCUT2D eigenvalue weighted by Crippen LogP contribution is 2.01. The second-order valence-corrected chi connectivity index (χ2v) is 5.64. The molecule has 0 heterocycles. The van der Waals surface area contributed by atoms with Crippen LogP contribution in [0.1, 0.15) is 33.6 Å². The third-order valence-electron chi connectivity index (χ3n) is 2.95. The van der Waals surface area contributed by atoms with E-state index < -0.39 is 0 Å². The highest BCUT2D eigenvalue weighted by molar-refractivity contribution is 4.55. The van der Waals surface area contributed by atoms with E-state index in [1.165, 1.54) is 0 Å². The second kappa shape index (κ2) is 16.2. The van der Waals surface area contributed by atoms with Gasteiger partial charge in [0.25, 0.3) is 0 Å². The Morgan fingerprint density at radius 1 is 0.857 bits per heavy atom. The molecule has 21 heavy (non-hydrogen) atoms. The van der Waals surface area contributed by atoms with Gasteiger partial charge in [-0.05, 0) is 38.8 Å². The Hall–Kier alpha value is -0.200. The Kier molecular flexibility index (Phi) is 16.0. The molecule has 1 unspecified atom stereocenters. The van der Waals surface area contributed by atoms with E-state index in [9.17, 15) is 0 Å². The summed E-state index contributed by atoms with van der Waals surface area (Å²) >= 11 is 0. The van der Waals surface area contributed by atoms with E-state index in [4.69, 9.17) is 18.9 Å². The summed E-state index contributed by atoms with van der Waals surface area (Å²) in [5.41, 5.74) is 0. The van der Waals surface area contributed by atoms with Crippen molar-refractivity contribution in [2.45, 2.75) is 39.7 Å². The molecule has 0 saturated carbocycles. The topological polar surface area (TPSA) is 49.0 Å². The average molecular weight is 305 g/mol. The summed E-state index contributed by atoms with van der Waals surface area (Å²) in [6.45, 7) is 12.5. The summed E-state index contributed by atoms with van der Waals surface area (Å²) in [6.07, 6.45) is 2.54. The SMILES string of the molecule is COCCOCCOCCOC(C)CCCNCC(C)C. The van der Waals surface area contributed by atoms with Crippen molar-refractivity contribution in [1.29, 1.82) is 0 Å². The summed E-state index contributed by atoms with van der Waals surface area (Å²) < 4.78 is 21.3. The van der Waals surface area contributed by atoms with Gasteiger partial charge in [-0.25, -0.2) is 0 Å². The van der Waals surface area contributed by atoms with Crippen LogP contribution in [0.3, 0.4) is 0 Å². The fraction of sp³-hybridized carbons (Fsp3) is 1.00. The van der Waals surface area contributed by atoms with Gasteiger partial charge in [0.05, 0.1) is 45.7 Å². The Balaban J connectivity index is 3.14. The first kappa shape index (κ1) is 20.8. The fourth-order valence-electron chi connectivity index (χ4n) is 1.76. The molecule has 0 aromatic heterocycles. The summed E-state index contributed by atoms with van der Waals surface area (Å²) in [5.74, 6) is 0.717. The molecule has 0 radical (unpaired) electrons. The lowest BCUT2D eigenvalue weighted by molar-refractivity contribution is -0.0139. The molecule has 128 valence electrons. The molecule has 5 heteroatoms. The molecule has 1 atom stereocenters. The predicted octanol–water partition coefficient (Wildman–Crippen LogP) is 2.10. The van der Waals surface area contributed by atoms with Crippen molar-refractivity contribution in [1.82, 2.24) is 5.32 Å². The Bertz CT molecular complexity index is 203. The molecule has 0 rings (SSSR count). The van der Waals surface area contributed by atoms with Crippen molar-refractivity contribution in [3.05, 3.63) is 0 Å². The second-order valence-electron chi connectivity index (χ2n) is 5.64. The number of methoxy groups -OCH3 is 1. The van der Waals surface area contributed by atoms with Crippen LogP contribution in [0, 0.1) is 5.92 Å². The average Bonchev–Trinajstić information content (AvgIpc) is 2.45. The summed E-state index contributed by atoms with van der Waals surface area (Å²) in [5, 5.41) is 3.44. The molecular formula is C16H35NO4. The summed E-state index contributed by atoms with van der Waals surface area (Å²) in [4.78, 5) is 0. The van der Waals surface area contributed by atoms with Crippen LogP contribution in [0.2, 0.25) is 0 Å². The predicted molar refractivity (Wildman–Crippen MR) is 85.9 cm³/mol. The molecule has 1 N–H and O–H groups in total. The van der Waals surface area contributed by atoms with E-state index >= 15 is 0 Å². The van der Waals surface area contributed by atoms with E-state index in [1.807, 2.05) is 0 Å². The first-order chi connectivity index (χ1) is 10.2. The van der Waals surface area contributed by atoms with Crippen LogP contribution in [0.4, 0.5) is 0 Å². The van der Waals surface area contributed by atoms with Crippen molar-refractivity contribution < 1.29 is 18.9 Å². The quantitative estimate of drug-likeness (QED) is 0.443. The molecule has 0 amide bonds. The molecule has 0 aliphatic carbocycles. The minimum Gasteiger partial charge on any atom is -0.382 e. The number of hydrogen-bond donors (Lipinski definition) is 1. The van der Waals surface area contributed by atoms with Gasteiger partial charge in [-0.3, -0.25) is 0 Å². The normalized spacial score (nSPS) is 13.0. The Morgan fingerprint density at radius 3 is 2.10 bits per heavy atom. The molecule has 0 aromatic carbocycles. The number of rotatable bonds is 16. The van der Waals surface area contributed by atoms with Gasteiger partial charge in [0.2, 0.25) is 0 Å². The molecule has 0 aromatic rings. The van der Waals surface area contributed by atoms with E-state index in [2.05, 4.69) is 26.1 Å². The van der Waals surface area contributed by atoms with Crippen LogP contribution in [0.15, 0.2) is 0 Å². The van der Waals surface area contributed by atoms with Gasteiger partial charge in [-0.15, -0.1) is 0 Å². The van der Waals surface area contributed by atoms with Gasteiger partial charge in [0.1, 0.15) is 0 Å². The lowest BCUT2D eigenvalue weighted by Gasteiger charge is -2.14. The first-order valence-electron chi connectivity index (χ1n) is 8.13. The van der Waals surface area contributed by atoms with Crippen LogP contribution in [0.25, 0.3) is 0 Å². The standard InChI is InChI=1S/C16H35NO4/c1-15(2)14-17-7-5-6-16(3)21-13-12-20-11-10-19-9-8-18-4/h15-17H,5-14H2,1-4H3. The van der Waals surface area contributed by atoms with E-state index in [0.29, 0.717) is 51.7 Å². The first-order valence-corrected chi connectivity index (χ1v) is 8.13. The molecule has 0 spiro atoms. The molecule has 5 nitrogen and oxygen atoms in total. The zero-order valence-corrected chi connectivity index (χ0v) is 14.4. The Morgan fingerprint density at radius 2 is 1.48 bits per heavy atom. The largest absolute Gasteiger partial charge is 0.382 e. The van der Waals surface area contributed by atoms with Crippen LogP contribution in [-0.2, 0) is 18.9 Å². The van der Waals surface area contributed by atoms with Crippen molar-refractivity contribution in [3.63, 3.8) is 0 Å². The molecule has 0 bridgehead atoms. The zero-order chi connectivity index (χ0) is 15.8. The number of nitrogens with one attached hydrogen (secondary N) is 1.